The predicted octanol–water partition coefficient (Wildman–Crippen LogP) is 2.70. The molecular weight excluding hydrogens is 358 g/mol. The number of aliphatic hydroxyl groups is 1. The van der Waals surface area contributed by atoms with Crippen LogP contribution >= 0.6 is 0 Å². The zero-order valence-corrected chi connectivity index (χ0v) is 16.4. The monoisotopic (exact) mass is 385 g/mol. The Morgan fingerprint density at radius 1 is 1.00 bits per heavy atom. The van der Waals surface area contributed by atoms with E-state index in [-0.39, 0.29) is 13.2 Å². The average Bonchev–Trinajstić information content (AvgIpc) is 2.66. The van der Waals surface area contributed by atoms with Crippen LogP contribution in [0.15, 0.2) is 60.7 Å². The van der Waals surface area contributed by atoms with Gasteiger partial charge in [0.05, 0.1) is 13.2 Å². The highest BCUT2D eigenvalue weighted by atomic mass is 16.6. The lowest BCUT2D eigenvalue weighted by molar-refractivity contribution is -0.161. The number of hydrogen-bond donors (Lipinski definition) is 2. The number of amides is 1. The Morgan fingerprint density at radius 2 is 1.57 bits per heavy atom. The van der Waals surface area contributed by atoms with Gasteiger partial charge in [0.1, 0.15) is 11.7 Å². The lowest BCUT2D eigenvalue weighted by Crippen LogP contribution is -2.52. The van der Waals surface area contributed by atoms with E-state index in [9.17, 15) is 14.7 Å². The zero-order valence-electron chi connectivity index (χ0n) is 16.4. The van der Waals surface area contributed by atoms with E-state index in [2.05, 4.69) is 5.32 Å². The molecule has 0 heterocycles. The molecule has 0 bridgehead atoms. The van der Waals surface area contributed by atoms with Gasteiger partial charge < -0.3 is 19.9 Å². The molecule has 0 aliphatic rings. The molecule has 0 aliphatic heterocycles. The van der Waals surface area contributed by atoms with Gasteiger partial charge in [-0.2, -0.15) is 0 Å². The fraction of sp³-hybridized carbons (Fsp3) is 0.364. The van der Waals surface area contributed by atoms with E-state index >= 15 is 0 Å². The maximum absolute atomic E-state index is 12.5. The van der Waals surface area contributed by atoms with Gasteiger partial charge in [-0.25, -0.2) is 4.79 Å². The van der Waals surface area contributed by atoms with Crippen LogP contribution in [0.3, 0.4) is 0 Å². The lowest BCUT2D eigenvalue weighted by atomic mass is 10.1. The van der Waals surface area contributed by atoms with Crippen molar-refractivity contribution in [3.05, 3.63) is 71.8 Å². The summed E-state index contributed by atoms with van der Waals surface area (Å²) >= 11 is 0. The molecule has 2 aromatic carbocycles. The Balaban J connectivity index is 2.03. The number of rotatable bonds is 8. The molecule has 2 aromatic rings. The quantitative estimate of drug-likeness (QED) is 0.683. The molecule has 2 rings (SSSR count). The van der Waals surface area contributed by atoms with Crippen molar-refractivity contribution in [1.82, 2.24) is 5.32 Å². The van der Waals surface area contributed by atoms with E-state index in [1.807, 2.05) is 30.3 Å². The normalized spacial score (nSPS) is 13.4. The van der Waals surface area contributed by atoms with E-state index in [0.717, 1.165) is 5.56 Å². The molecule has 150 valence electrons. The van der Waals surface area contributed by atoms with E-state index in [1.54, 1.807) is 51.1 Å². The van der Waals surface area contributed by atoms with Crippen molar-refractivity contribution in [2.75, 3.05) is 6.61 Å². The zero-order chi connectivity index (χ0) is 20.6. The Bertz CT molecular complexity index is 756. The summed E-state index contributed by atoms with van der Waals surface area (Å²) in [6.07, 6.45) is -1.26. The lowest BCUT2D eigenvalue weighted by Gasteiger charge is -2.27. The number of ether oxygens (including phenoxy) is 2. The number of aliphatic hydroxyl groups excluding tert-OH is 1. The van der Waals surface area contributed by atoms with E-state index in [0.29, 0.717) is 5.56 Å². The van der Waals surface area contributed by atoms with Crippen LogP contribution in [0.1, 0.15) is 36.7 Å². The molecule has 0 unspecified atom stereocenters. The summed E-state index contributed by atoms with van der Waals surface area (Å²) in [6.45, 7) is 5.32. The summed E-state index contributed by atoms with van der Waals surface area (Å²) in [5, 5.41) is 13.1. The summed E-state index contributed by atoms with van der Waals surface area (Å²) < 4.78 is 10.9. The Labute approximate surface area is 165 Å². The minimum absolute atomic E-state index is 0.131. The van der Waals surface area contributed by atoms with E-state index in [4.69, 9.17) is 9.47 Å². The van der Waals surface area contributed by atoms with Crippen LogP contribution in [-0.4, -0.2) is 41.3 Å². The van der Waals surface area contributed by atoms with Gasteiger partial charge in [-0.15, -0.1) is 0 Å². The molecule has 0 fully saturated rings. The Morgan fingerprint density at radius 3 is 2.14 bits per heavy atom. The van der Waals surface area contributed by atoms with Crippen LogP contribution in [0.25, 0.3) is 0 Å². The summed E-state index contributed by atoms with van der Waals surface area (Å²) in [5.74, 6) is -1.19. The first kappa shape index (κ1) is 21.6. The second kappa shape index (κ2) is 10.0. The second-order valence-corrected chi connectivity index (χ2v) is 7.42. The topological polar surface area (TPSA) is 84.9 Å². The highest BCUT2D eigenvalue weighted by Crippen LogP contribution is 2.12. The van der Waals surface area contributed by atoms with E-state index in [1.165, 1.54) is 0 Å². The third kappa shape index (κ3) is 7.13. The van der Waals surface area contributed by atoms with Gasteiger partial charge in [-0.05, 0) is 38.5 Å². The van der Waals surface area contributed by atoms with Crippen LogP contribution in [0.2, 0.25) is 0 Å². The SMILES string of the molecule is CC(C)(C)OC(=O)[C@@H](NC(=O)c1ccccc1)[C@H](O)COCc1ccccc1. The van der Waals surface area contributed by atoms with Gasteiger partial charge in [0, 0.05) is 5.56 Å². The highest BCUT2D eigenvalue weighted by molar-refractivity contribution is 5.96. The van der Waals surface area contributed by atoms with Gasteiger partial charge in [0.2, 0.25) is 0 Å². The van der Waals surface area contributed by atoms with Gasteiger partial charge >= 0.3 is 5.97 Å². The van der Waals surface area contributed by atoms with E-state index < -0.39 is 29.6 Å². The molecule has 0 saturated carbocycles. The average molecular weight is 385 g/mol. The Hall–Kier alpha value is -2.70. The molecule has 6 nitrogen and oxygen atoms in total. The standard InChI is InChI=1S/C22H27NO5/c1-22(2,3)28-21(26)19(23-20(25)17-12-8-5-9-13-17)18(24)15-27-14-16-10-6-4-7-11-16/h4-13,18-19,24H,14-15H2,1-3H3,(H,23,25)/t18-,19+/m1/s1. The number of hydrogen-bond acceptors (Lipinski definition) is 5. The van der Waals surface area contributed by atoms with Crippen LogP contribution < -0.4 is 5.32 Å². The molecule has 1 amide bonds. The first-order valence-electron chi connectivity index (χ1n) is 9.15. The van der Waals surface area contributed by atoms with Crippen molar-refractivity contribution in [1.29, 1.82) is 0 Å². The first-order valence-corrected chi connectivity index (χ1v) is 9.15. The highest BCUT2D eigenvalue weighted by Gasteiger charge is 2.33. The minimum atomic E-state index is -1.26. The summed E-state index contributed by atoms with van der Waals surface area (Å²) in [4.78, 5) is 25.0. The van der Waals surface area contributed by atoms with Gasteiger partial charge in [0.15, 0.2) is 6.04 Å². The number of carbonyl (C=O) groups excluding carboxylic acids is 2. The molecule has 2 N–H and O–H groups in total. The first-order chi connectivity index (χ1) is 13.3. The second-order valence-electron chi connectivity index (χ2n) is 7.42. The molecule has 0 saturated heterocycles. The fourth-order valence-electron chi connectivity index (χ4n) is 2.46. The van der Waals surface area contributed by atoms with Crippen molar-refractivity contribution in [2.24, 2.45) is 0 Å². The molecule has 0 aliphatic carbocycles. The molecule has 2 atom stereocenters. The summed E-state index contributed by atoms with van der Waals surface area (Å²) in [6, 6.07) is 16.7. The van der Waals surface area contributed by atoms with Crippen LogP contribution in [-0.2, 0) is 20.9 Å². The molecule has 0 aromatic heterocycles. The van der Waals surface area contributed by atoms with Crippen LogP contribution in [0, 0.1) is 0 Å². The van der Waals surface area contributed by atoms with Crippen molar-refractivity contribution < 1.29 is 24.2 Å². The number of benzene rings is 2. The van der Waals surface area contributed by atoms with Gasteiger partial charge in [-0.1, -0.05) is 48.5 Å². The maximum atomic E-state index is 12.5. The predicted molar refractivity (Wildman–Crippen MR) is 106 cm³/mol. The number of nitrogens with one attached hydrogen (secondary N) is 1. The molecule has 28 heavy (non-hydrogen) atoms. The molecular formula is C22H27NO5. The van der Waals surface area contributed by atoms with Gasteiger partial charge in [0.25, 0.3) is 5.91 Å². The fourth-order valence-corrected chi connectivity index (χ4v) is 2.46. The number of esters is 1. The Kier molecular flexibility index (Phi) is 7.72. The van der Waals surface area contributed by atoms with Gasteiger partial charge in [-0.3, -0.25) is 4.79 Å². The van der Waals surface area contributed by atoms with Crippen molar-refractivity contribution >= 4 is 11.9 Å². The third-order valence-electron chi connectivity index (χ3n) is 3.77. The van der Waals surface area contributed by atoms with Crippen molar-refractivity contribution in [3.8, 4) is 0 Å². The summed E-state index contributed by atoms with van der Waals surface area (Å²) in [7, 11) is 0. The third-order valence-corrected chi connectivity index (χ3v) is 3.77. The summed E-state index contributed by atoms with van der Waals surface area (Å²) in [5.41, 5.74) is 0.572. The smallest absolute Gasteiger partial charge is 0.331 e. The van der Waals surface area contributed by atoms with Crippen molar-refractivity contribution in [3.63, 3.8) is 0 Å². The minimum Gasteiger partial charge on any atom is -0.458 e. The van der Waals surface area contributed by atoms with Crippen molar-refractivity contribution in [2.45, 2.75) is 45.1 Å². The maximum Gasteiger partial charge on any atom is 0.331 e. The molecule has 0 spiro atoms. The molecule has 6 heteroatoms. The number of carbonyl (C=O) groups is 2. The molecule has 0 radical (unpaired) electrons. The van der Waals surface area contributed by atoms with Crippen LogP contribution in [0.4, 0.5) is 0 Å². The van der Waals surface area contributed by atoms with Crippen LogP contribution in [0.5, 0.6) is 0 Å². The largest absolute Gasteiger partial charge is 0.458 e.